The van der Waals surface area contributed by atoms with Crippen molar-refractivity contribution in [2.45, 2.75) is 13.1 Å². The van der Waals surface area contributed by atoms with E-state index in [1.54, 1.807) is 6.92 Å². The number of benzene rings is 2. The van der Waals surface area contributed by atoms with E-state index < -0.39 is 17.7 Å². The molecule has 0 unspecified atom stereocenters. The zero-order chi connectivity index (χ0) is 16.3. The summed E-state index contributed by atoms with van der Waals surface area (Å²) in [7, 11) is 0. The molecule has 2 aromatic carbocycles. The van der Waals surface area contributed by atoms with Crippen LogP contribution in [0.5, 0.6) is 5.75 Å². The van der Waals surface area contributed by atoms with Crippen LogP contribution in [0.3, 0.4) is 0 Å². The molecular formula is C16H13F3O3. The summed E-state index contributed by atoms with van der Waals surface area (Å²) in [6.07, 6.45) is -4.42. The molecule has 22 heavy (non-hydrogen) atoms. The lowest BCUT2D eigenvalue weighted by molar-refractivity contribution is -0.137. The van der Waals surface area contributed by atoms with Gasteiger partial charge in [0.1, 0.15) is 5.75 Å². The number of halogens is 3. The summed E-state index contributed by atoms with van der Waals surface area (Å²) in [5.41, 5.74) is 0.0720. The summed E-state index contributed by atoms with van der Waals surface area (Å²) >= 11 is 0. The van der Waals surface area contributed by atoms with Crippen molar-refractivity contribution in [3.63, 3.8) is 0 Å². The first kappa shape index (κ1) is 15.9. The van der Waals surface area contributed by atoms with Crippen LogP contribution in [0.4, 0.5) is 13.2 Å². The highest BCUT2D eigenvalue weighted by Crippen LogP contribution is 2.34. The van der Waals surface area contributed by atoms with Crippen molar-refractivity contribution in [2.24, 2.45) is 0 Å². The number of phenols is 1. The zero-order valence-corrected chi connectivity index (χ0v) is 11.6. The standard InChI is InChI=1S/C16H13F3O3/c1-2-22-15(21)11-5-8-14(20)13(9-11)10-3-6-12(7-4-10)16(17,18)19/h3-9,20H,2H2,1H3. The molecule has 0 fully saturated rings. The van der Waals surface area contributed by atoms with Gasteiger partial charge in [-0.15, -0.1) is 0 Å². The molecule has 0 aliphatic rings. The highest BCUT2D eigenvalue weighted by molar-refractivity contribution is 5.92. The molecule has 116 valence electrons. The second-order valence-electron chi connectivity index (χ2n) is 4.53. The van der Waals surface area contributed by atoms with E-state index >= 15 is 0 Å². The Morgan fingerprint density at radius 3 is 2.32 bits per heavy atom. The maximum absolute atomic E-state index is 12.5. The third-order valence-electron chi connectivity index (χ3n) is 3.03. The van der Waals surface area contributed by atoms with Gasteiger partial charge >= 0.3 is 12.1 Å². The first-order chi connectivity index (χ1) is 10.3. The number of aromatic hydroxyl groups is 1. The van der Waals surface area contributed by atoms with Crippen LogP contribution in [0, 0.1) is 0 Å². The van der Waals surface area contributed by atoms with Crippen LogP contribution in [-0.2, 0) is 10.9 Å². The number of esters is 1. The summed E-state index contributed by atoms with van der Waals surface area (Å²) in [6.45, 7) is 1.87. The van der Waals surface area contributed by atoms with Gasteiger partial charge in [-0.05, 0) is 42.8 Å². The minimum atomic E-state index is -4.42. The quantitative estimate of drug-likeness (QED) is 0.862. The predicted octanol–water partition coefficient (Wildman–Crippen LogP) is 4.25. The van der Waals surface area contributed by atoms with E-state index in [1.165, 1.54) is 30.3 Å². The van der Waals surface area contributed by atoms with Gasteiger partial charge in [0.2, 0.25) is 0 Å². The Kier molecular flexibility index (Phi) is 4.40. The van der Waals surface area contributed by atoms with Crippen molar-refractivity contribution in [2.75, 3.05) is 6.61 Å². The van der Waals surface area contributed by atoms with Crippen LogP contribution in [0.25, 0.3) is 11.1 Å². The van der Waals surface area contributed by atoms with Crippen molar-refractivity contribution in [3.8, 4) is 16.9 Å². The Morgan fingerprint density at radius 1 is 1.14 bits per heavy atom. The Morgan fingerprint density at radius 2 is 1.77 bits per heavy atom. The van der Waals surface area contributed by atoms with E-state index in [9.17, 15) is 23.1 Å². The van der Waals surface area contributed by atoms with E-state index in [0.717, 1.165) is 12.1 Å². The molecule has 2 aromatic rings. The second kappa shape index (κ2) is 6.09. The van der Waals surface area contributed by atoms with Gasteiger partial charge in [-0.3, -0.25) is 0 Å². The highest BCUT2D eigenvalue weighted by Gasteiger charge is 2.30. The number of carbonyl (C=O) groups excluding carboxylic acids is 1. The number of alkyl halides is 3. The Bertz CT molecular complexity index is 676. The summed E-state index contributed by atoms with van der Waals surface area (Å²) in [4.78, 5) is 11.7. The minimum absolute atomic E-state index is 0.132. The Labute approximate surface area is 125 Å². The highest BCUT2D eigenvalue weighted by atomic mass is 19.4. The molecule has 0 saturated carbocycles. The summed E-state index contributed by atoms with van der Waals surface area (Å²) in [5, 5.41) is 9.85. The molecule has 0 amide bonds. The van der Waals surface area contributed by atoms with Crippen LogP contribution in [0.1, 0.15) is 22.8 Å². The molecule has 0 heterocycles. The van der Waals surface area contributed by atoms with Crippen LogP contribution < -0.4 is 0 Å². The maximum atomic E-state index is 12.5. The van der Waals surface area contributed by atoms with Gasteiger partial charge in [0.15, 0.2) is 0 Å². The monoisotopic (exact) mass is 310 g/mol. The third-order valence-corrected chi connectivity index (χ3v) is 3.03. The molecule has 0 aliphatic carbocycles. The molecule has 1 N–H and O–H groups in total. The maximum Gasteiger partial charge on any atom is 0.416 e. The Balaban J connectivity index is 2.39. The summed E-state index contributed by atoms with van der Waals surface area (Å²) in [6, 6.07) is 8.41. The van der Waals surface area contributed by atoms with Gasteiger partial charge in [-0.25, -0.2) is 4.79 Å². The van der Waals surface area contributed by atoms with Gasteiger partial charge in [-0.2, -0.15) is 13.2 Å². The fourth-order valence-corrected chi connectivity index (χ4v) is 1.95. The average Bonchev–Trinajstić information content (AvgIpc) is 2.47. The van der Waals surface area contributed by atoms with Crippen molar-refractivity contribution in [1.29, 1.82) is 0 Å². The first-order valence-electron chi connectivity index (χ1n) is 6.50. The van der Waals surface area contributed by atoms with Crippen LogP contribution in [-0.4, -0.2) is 17.7 Å². The van der Waals surface area contributed by atoms with E-state index in [4.69, 9.17) is 4.74 Å². The zero-order valence-electron chi connectivity index (χ0n) is 11.6. The van der Waals surface area contributed by atoms with Gasteiger partial charge in [-0.1, -0.05) is 12.1 Å². The van der Waals surface area contributed by atoms with Crippen LogP contribution in [0.15, 0.2) is 42.5 Å². The van der Waals surface area contributed by atoms with Gasteiger partial charge in [0.25, 0.3) is 0 Å². The predicted molar refractivity (Wildman–Crippen MR) is 74.5 cm³/mol. The fourth-order valence-electron chi connectivity index (χ4n) is 1.95. The van der Waals surface area contributed by atoms with Gasteiger partial charge in [0, 0.05) is 5.56 Å². The van der Waals surface area contributed by atoms with Crippen molar-refractivity contribution in [1.82, 2.24) is 0 Å². The molecule has 0 aliphatic heterocycles. The molecule has 0 spiro atoms. The minimum Gasteiger partial charge on any atom is -0.507 e. The largest absolute Gasteiger partial charge is 0.507 e. The topological polar surface area (TPSA) is 46.5 Å². The number of carbonyl (C=O) groups is 1. The summed E-state index contributed by atoms with van der Waals surface area (Å²) in [5.74, 6) is -0.691. The van der Waals surface area contributed by atoms with Gasteiger partial charge in [0.05, 0.1) is 17.7 Å². The van der Waals surface area contributed by atoms with E-state index in [0.29, 0.717) is 5.56 Å². The number of rotatable bonds is 3. The van der Waals surface area contributed by atoms with E-state index in [1.807, 2.05) is 0 Å². The van der Waals surface area contributed by atoms with Crippen LogP contribution >= 0.6 is 0 Å². The molecule has 0 radical (unpaired) electrons. The number of ether oxygens (including phenoxy) is 1. The lowest BCUT2D eigenvalue weighted by Gasteiger charge is -2.10. The molecule has 0 bridgehead atoms. The van der Waals surface area contributed by atoms with Crippen molar-refractivity contribution in [3.05, 3.63) is 53.6 Å². The van der Waals surface area contributed by atoms with E-state index in [2.05, 4.69) is 0 Å². The Hall–Kier alpha value is -2.50. The molecule has 2 rings (SSSR count). The molecule has 0 atom stereocenters. The number of phenolic OH excluding ortho intramolecular Hbond substituents is 1. The number of hydrogen-bond donors (Lipinski definition) is 1. The lowest BCUT2D eigenvalue weighted by atomic mass is 10.0. The molecule has 3 nitrogen and oxygen atoms in total. The number of hydrogen-bond acceptors (Lipinski definition) is 3. The van der Waals surface area contributed by atoms with Crippen molar-refractivity contribution >= 4 is 5.97 Å². The average molecular weight is 310 g/mol. The van der Waals surface area contributed by atoms with E-state index in [-0.39, 0.29) is 23.5 Å². The lowest BCUT2D eigenvalue weighted by Crippen LogP contribution is -2.05. The first-order valence-corrected chi connectivity index (χ1v) is 6.50. The summed E-state index contributed by atoms with van der Waals surface area (Å²) < 4.78 is 42.5. The van der Waals surface area contributed by atoms with Crippen molar-refractivity contribution < 1.29 is 27.8 Å². The second-order valence-corrected chi connectivity index (χ2v) is 4.53. The molecule has 6 heteroatoms. The third kappa shape index (κ3) is 3.39. The van der Waals surface area contributed by atoms with Crippen LogP contribution in [0.2, 0.25) is 0 Å². The molecular weight excluding hydrogens is 297 g/mol. The van der Waals surface area contributed by atoms with Gasteiger partial charge < -0.3 is 9.84 Å². The smallest absolute Gasteiger partial charge is 0.416 e. The normalized spacial score (nSPS) is 11.3. The fraction of sp³-hybridized carbons (Fsp3) is 0.188. The SMILES string of the molecule is CCOC(=O)c1ccc(O)c(-c2ccc(C(F)(F)F)cc2)c1. The molecule has 0 aromatic heterocycles. The molecule has 0 saturated heterocycles.